The number of carbonyl (C=O) groups is 3. The Hall–Kier alpha value is -2.51. The summed E-state index contributed by atoms with van der Waals surface area (Å²) in [4.78, 5) is 36.1. The first kappa shape index (κ1) is 21.8. The number of amides is 2. The summed E-state index contributed by atoms with van der Waals surface area (Å²) in [7, 11) is 0. The van der Waals surface area contributed by atoms with E-state index < -0.39 is 18.0 Å². The Morgan fingerprint density at radius 1 is 1.00 bits per heavy atom. The monoisotopic (exact) mass is 420 g/mol. The van der Waals surface area contributed by atoms with Crippen LogP contribution < -0.4 is 10.6 Å². The minimum absolute atomic E-state index is 0.174. The van der Waals surface area contributed by atoms with E-state index in [0.29, 0.717) is 22.2 Å². The molecule has 28 heavy (non-hydrogen) atoms. The summed E-state index contributed by atoms with van der Waals surface area (Å²) in [6, 6.07) is 14.0. The van der Waals surface area contributed by atoms with Crippen molar-refractivity contribution in [3.05, 3.63) is 53.6 Å². The molecule has 0 saturated heterocycles. The number of nitrogens with one attached hydrogen (secondary N) is 2. The van der Waals surface area contributed by atoms with Gasteiger partial charge in [0, 0.05) is 34.0 Å². The zero-order chi connectivity index (χ0) is 20.5. The molecule has 2 aromatic rings. The zero-order valence-corrected chi connectivity index (χ0v) is 17.1. The van der Waals surface area contributed by atoms with Crippen molar-refractivity contribution < 1.29 is 19.1 Å². The van der Waals surface area contributed by atoms with Gasteiger partial charge in [0.2, 0.25) is 5.91 Å². The molecule has 0 unspecified atom stereocenters. The highest BCUT2D eigenvalue weighted by molar-refractivity contribution is 7.99. The highest BCUT2D eigenvalue weighted by Crippen LogP contribution is 2.21. The maximum absolute atomic E-state index is 12.2. The predicted octanol–water partition coefficient (Wildman–Crippen LogP) is 4.35. The molecule has 6 nitrogen and oxygen atoms in total. The van der Waals surface area contributed by atoms with Crippen LogP contribution in [0.4, 0.5) is 11.4 Å². The first-order valence-electron chi connectivity index (χ1n) is 8.60. The summed E-state index contributed by atoms with van der Waals surface area (Å²) >= 11 is 7.34. The molecule has 0 bridgehead atoms. The van der Waals surface area contributed by atoms with Crippen molar-refractivity contribution in [2.24, 2.45) is 0 Å². The molecule has 2 aromatic carbocycles. The number of hydrogen-bond acceptors (Lipinski definition) is 5. The SMILES string of the molecule is CC(=O)Nc1ccc(NC(=O)[C@@H](C)OC(=O)CCSc2ccc(Cl)cc2)cc1. The number of rotatable bonds is 8. The molecule has 0 aliphatic heterocycles. The van der Waals surface area contributed by atoms with E-state index in [1.807, 2.05) is 12.1 Å². The van der Waals surface area contributed by atoms with Crippen LogP contribution in [0.25, 0.3) is 0 Å². The van der Waals surface area contributed by atoms with Crippen LogP contribution in [0.2, 0.25) is 5.02 Å². The van der Waals surface area contributed by atoms with Gasteiger partial charge in [-0.2, -0.15) is 0 Å². The second kappa shape index (κ2) is 10.7. The fraction of sp³-hybridized carbons (Fsp3) is 0.250. The van der Waals surface area contributed by atoms with E-state index in [1.165, 1.54) is 25.6 Å². The van der Waals surface area contributed by atoms with Crippen molar-refractivity contribution in [2.45, 2.75) is 31.3 Å². The van der Waals surface area contributed by atoms with Crippen molar-refractivity contribution in [3.63, 3.8) is 0 Å². The van der Waals surface area contributed by atoms with Crippen LogP contribution in [-0.4, -0.2) is 29.6 Å². The quantitative estimate of drug-likeness (QED) is 0.490. The van der Waals surface area contributed by atoms with E-state index >= 15 is 0 Å². The zero-order valence-electron chi connectivity index (χ0n) is 15.5. The predicted molar refractivity (Wildman–Crippen MR) is 112 cm³/mol. The summed E-state index contributed by atoms with van der Waals surface area (Å²) in [6.07, 6.45) is -0.723. The molecule has 2 rings (SSSR count). The van der Waals surface area contributed by atoms with E-state index in [9.17, 15) is 14.4 Å². The van der Waals surface area contributed by atoms with Crippen molar-refractivity contribution in [2.75, 3.05) is 16.4 Å². The minimum atomic E-state index is -0.914. The summed E-state index contributed by atoms with van der Waals surface area (Å²) in [5, 5.41) is 5.97. The molecule has 0 spiro atoms. The van der Waals surface area contributed by atoms with Crippen LogP contribution >= 0.6 is 23.4 Å². The van der Waals surface area contributed by atoms with E-state index in [0.717, 1.165) is 4.90 Å². The molecule has 148 valence electrons. The van der Waals surface area contributed by atoms with Gasteiger partial charge in [0.25, 0.3) is 5.91 Å². The fourth-order valence-corrected chi connectivity index (χ4v) is 3.14. The van der Waals surface area contributed by atoms with Gasteiger partial charge in [0.1, 0.15) is 0 Å². The van der Waals surface area contributed by atoms with Crippen molar-refractivity contribution >= 4 is 52.5 Å². The lowest BCUT2D eigenvalue weighted by Crippen LogP contribution is -2.30. The topological polar surface area (TPSA) is 84.5 Å². The number of anilines is 2. The molecule has 0 radical (unpaired) electrons. The van der Waals surface area contributed by atoms with Crippen LogP contribution in [0.5, 0.6) is 0 Å². The van der Waals surface area contributed by atoms with E-state index in [-0.39, 0.29) is 12.3 Å². The average molecular weight is 421 g/mol. The normalized spacial score (nSPS) is 11.4. The van der Waals surface area contributed by atoms with Crippen LogP contribution in [-0.2, 0) is 19.1 Å². The number of esters is 1. The molecule has 2 N–H and O–H groups in total. The number of thioether (sulfide) groups is 1. The van der Waals surface area contributed by atoms with Crippen molar-refractivity contribution in [3.8, 4) is 0 Å². The number of halogens is 1. The first-order chi connectivity index (χ1) is 13.3. The number of ether oxygens (including phenoxy) is 1. The Labute approximate surface area is 173 Å². The maximum atomic E-state index is 12.2. The standard InChI is InChI=1S/C20H21ClN2O4S/c1-13(20(26)23-17-7-5-16(6-8-17)22-14(2)24)27-19(25)11-12-28-18-9-3-15(21)4-10-18/h3-10,13H,11-12H2,1-2H3,(H,22,24)(H,23,26)/t13-/m1/s1. The first-order valence-corrected chi connectivity index (χ1v) is 9.96. The number of benzene rings is 2. The highest BCUT2D eigenvalue weighted by Gasteiger charge is 2.17. The second-order valence-corrected chi connectivity index (χ2v) is 7.54. The lowest BCUT2D eigenvalue weighted by molar-refractivity contribution is -0.152. The molecule has 0 fully saturated rings. The van der Waals surface area contributed by atoms with Crippen molar-refractivity contribution in [1.29, 1.82) is 0 Å². The van der Waals surface area contributed by atoms with E-state index in [2.05, 4.69) is 10.6 Å². The van der Waals surface area contributed by atoms with Gasteiger partial charge in [0.05, 0.1) is 6.42 Å². The molecule has 0 aliphatic rings. The molecular formula is C20H21ClN2O4S. The summed E-state index contributed by atoms with van der Waals surface area (Å²) in [5.41, 5.74) is 1.17. The maximum Gasteiger partial charge on any atom is 0.307 e. The van der Waals surface area contributed by atoms with E-state index in [1.54, 1.807) is 36.4 Å². The van der Waals surface area contributed by atoms with Crippen LogP contribution in [0.1, 0.15) is 20.3 Å². The average Bonchev–Trinajstić information content (AvgIpc) is 2.64. The smallest absolute Gasteiger partial charge is 0.307 e. The Morgan fingerprint density at radius 2 is 1.57 bits per heavy atom. The molecule has 1 atom stereocenters. The van der Waals surface area contributed by atoms with Crippen LogP contribution in [0.3, 0.4) is 0 Å². The second-order valence-electron chi connectivity index (χ2n) is 5.93. The number of hydrogen-bond donors (Lipinski definition) is 2. The fourth-order valence-electron chi connectivity index (χ4n) is 2.18. The third kappa shape index (κ3) is 7.62. The lowest BCUT2D eigenvalue weighted by atomic mass is 10.2. The third-order valence-corrected chi connectivity index (χ3v) is 4.80. The summed E-state index contributed by atoms with van der Waals surface area (Å²) in [5.74, 6) is -0.498. The summed E-state index contributed by atoms with van der Waals surface area (Å²) in [6.45, 7) is 2.94. The minimum Gasteiger partial charge on any atom is -0.453 e. The Kier molecular flexibility index (Phi) is 8.35. The molecule has 0 heterocycles. The highest BCUT2D eigenvalue weighted by atomic mass is 35.5. The Bertz CT molecular complexity index is 825. The van der Waals surface area contributed by atoms with Crippen LogP contribution in [0, 0.1) is 0 Å². The van der Waals surface area contributed by atoms with Gasteiger partial charge in [-0.15, -0.1) is 11.8 Å². The summed E-state index contributed by atoms with van der Waals surface area (Å²) < 4.78 is 5.18. The van der Waals surface area contributed by atoms with Gasteiger partial charge in [-0.1, -0.05) is 11.6 Å². The largest absolute Gasteiger partial charge is 0.453 e. The Balaban J connectivity index is 1.74. The molecule has 0 aliphatic carbocycles. The molecule has 2 amide bonds. The van der Waals surface area contributed by atoms with Gasteiger partial charge in [0.15, 0.2) is 6.10 Å². The molecule has 0 saturated carbocycles. The van der Waals surface area contributed by atoms with Gasteiger partial charge >= 0.3 is 5.97 Å². The van der Waals surface area contributed by atoms with Gasteiger partial charge < -0.3 is 15.4 Å². The van der Waals surface area contributed by atoms with Crippen LogP contribution in [0.15, 0.2) is 53.4 Å². The van der Waals surface area contributed by atoms with Gasteiger partial charge in [-0.3, -0.25) is 14.4 Å². The van der Waals surface area contributed by atoms with Gasteiger partial charge in [-0.05, 0) is 55.5 Å². The Morgan fingerprint density at radius 3 is 2.14 bits per heavy atom. The number of carbonyl (C=O) groups excluding carboxylic acids is 3. The molecule has 0 aromatic heterocycles. The van der Waals surface area contributed by atoms with Crippen molar-refractivity contribution in [1.82, 2.24) is 0 Å². The van der Waals surface area contributed by atoms with Gasteiger partial charge in [-0.25, -0.2) is 0 Å². The molecular weight excluding hydrogens is 400 g/mol. The lowest BCUT2D eigenvalue weighted by Gasteiger charge is -2.14. The van der Waals surface area contributed by atoms with E-state index in [4.69, 9.17) is 16.3 Å². The molecule has 8 heteroatoms. The third-order valence-electron chi connectivity index (χ3n) is 3.54.